The maximum absolute atomic E-state index is 10.6. The molecule has 0 aliphatic heterocycles. The summed E-state index contributed by atoms with van der Waals surface area (Å²) < 4.78 is 1.78. The average molecular weight is 246 g/mol. The van der Waals surface area contributed by atoms with E-state index in [4.69, 9.17) is 16.7 Å². The number of hydrogen-bond donors (Lipinski definition) is 2. The number of carbonyl (C=O) groups is 1. The van der Waals surface area contributed by atoms with Crippen LogP contribution >= 0.6 is 11.6 Å². The number of aryl methyl sites for hydroxylation is 2. The Labute approximate surface area is 99.4 Å². The number of aromatic nitrogens is 2. The highest BCUT2D eigenvalue weighted by Crippen LogP contribution is 2.19. The van der Waals surface area contributed by atoms with Crippen molar-refractivity contribution < 1.29 is 9.90 Å². The van der Waals surface area contributed by atoms with Gasteiger partial charge in [0.05, 0.1) is 16.4 Å². The van der Waals surface area contributed by atoms with Crippen molar-refractivity contribution in [1.29, 1.82) is 0 Å². The average Bonchev–Trinajstić information content (AvgIpc) is 2.51. The minimum Gasteiger partial charge on any atom is -0.480 e. The van der Waals surface area contributed by atoms with Gasteiger partial charge in [0, 0.05) is 13.1 Å². The number of nitrogens with one attached hydrogen (secondary N) is 1. The highest BCUT2D eigenvalue weighted by molar-refractivity contribution is 6.31. The zero-order valence-electron chi connectivity index (χ0n) is 9.62. The highest BCUT2D eigenvalue weighted by atomic mass is 35.5. The van der Waals surface area contributed by atoms with Gasteiger partial charge in [0.25, 0.3) is 0 Å². The lowest BCUT2D eigenvalue weighted by atomic mass is 10.3. The fourth-order valence-corrected chi connectivity index (χ4v) is 1.58. The van der Waals surface area contributed by atoms with Crippen LogP contribution in [-0.4, -0.2) is 26.9 Å². The molecule has 0 bridgehead atoms. The van der Waals surface area contributed by atoms with Crippen LogP contribution in [0.5, 0.6) is 0 Å². The Morgan fingerprint density at radius 3 is 2.81 bits per heavy atom. The molecule has 1 unspecified atom stereocenters. The summed E-state index contributed by atoms with van der Waals surface area (Å²) in [5.74, 6) is -0.879. The Bertz CT molecular complexity index is 390. The van der Waals surface area contributed by atoms with Gasteiger partial charge in [-0.2, -0.15) is 5.10 Å². The first-order chi connectivity index (χ1) is 7.47. The number of aliphatic carboxylic acids is 1. The summed E-state index contributed by atoms with van der Waals surface area (Å²) in [6.07, 6.45) is 0. The second-order valence-corrected chi connectivity index (χ2v) is 3.98. The van der Waals surface area contributed by atoms with E-state index in [-0.39, 0.29) is 0 Å². The van der Waals surface area contributed by atoms with E-state index in [1.165, 1.54) is 0 Å². The molecule has 5 nitrogen and oxygen atoms in total. The first-order valence-corrected chi connectivity index (χ1v) is 5.53. The zero-order valence-corrected chi connectivity index (χ0v) is 10.4. The molecule has 0 aromatic carbocycles. The van der Waals surface area contributed by atoms with E-state index in [9.17, 15) is 4.79 Å². The summed E-state index contributed by atoms with van der Waals surface area (Å²) in [6.45, 7) is 6.51. The van der Waals surface area contributed by atoms with Gasteiger partial charge in [0.2, 0.25) is 0 Å². The van der Waals surface area contributed by atoms with E-state index in [1.807, 2.05) is 13.8 Å². The van der Waals surface area contributed by atoms with Crippen LogP contribution in [0.3, 0.4) is 0 Å². The molecule has 1 aromatic heterocycles. The molecule has 0 radical (unpaired) electrons. The fourth-order valence-electron chi connectivity index (χ4n) is 1.37. The first-order valence-electron chi connectivity index (χ1n) is 5.15. The summed E-state index contributed by atoms with van der Waals surface area (Å²) in [4.78, 5) is 10.6. The molecule has 16 heavy (non-hydrogen) atoms. The van der Waals surface area contributed by atoms with Crippen molar-refractivity contribution >= 4 is 17.6 Å². The number of hydrogen-bond acceptors (Lipinski definition) is 3. The molecule has 90 valence electrons. The molecule has 1 aromatic rings. The Morgan fingerprint density at radius 1 is 1.69 bits per heavy atom. The van der Waals surface area contributed by atoms with Crippen molar-refractivity contribution in [1.82, 2.24) is 15.1 Å². The van der Waals surface area contributed by atoms with Crippen molar-refractivity contribution in [2.75, 3.05) is 0 Å². The molecule has 1 rings (SSSR count). The van der Waals surface area contributed by atoms with Crippen molar-refractivity contribution in [3.05, 3.63) is 16.4 Å². The third-order valence-electron chi connectivity index (χ3n) is 2.40. The van der Waals surface area contributed by atoms with E-state index >= 15 is 0 Å². The molecule has 6 heteroatoms. The lowest BCUT2D eigenvalue weighted by Crippen LogP contribution is -2.33. The number of carboxylic acid groups (broad SMARTS) is 1. The summed E-state index contributed by atoms with van der Waals surface area (Å²) in [6, 6.07) is -0.600. The molecule has 0 saturated carbocycles. The third-order valence-corrected chi connectivity index (χ3v) is 2.89. The van der Waals surface area contributed by atoms with Gasteiger partial charge < -0.3 is 5.11 Å². The normalized spacial score (nSPS) is 12.8. The van der Waals surface area contributed by atoms with Crippen molar-refractivity contribution in [2.24, 2.45) is 0 Å². The van der Waals surface area contributed by atoms with Crippen LogP contribution in [0.4, 0.5) is 0 Å². The number of carboxylic acids is 1. The summed E-state index contributed by atoms with van der Waals surface area (Å²) in [7, 11) is 0. The number of nitrogens with zero attached hydrogens (tertiary/aromatic N) is 2. The molecule has 0 saturated heterocycles. The van der Waals surface area contributed by atoms with E-state index in [2.05, 4.69) is 10.4 Å². The Balaban J connectivity index is 2.76. The lowest BCUT2D eigenvalue weighted by molar-refractivity contribution is -0.139. The lowest BCUT2D eigenvalue weighted by Gasteiger charge is -2.10. The van der Waals surface area contributed by atoms with Crippen LogP contribution in [0.1, 0.15) is 25.2 Å². The van der Waals surface area contributed by atoms with Crippen molar-refractivity contribution in [3.63, 3.8) is 0 Å². The minimum atomic E-state index is -0.879. The first kappa shape index (κ1) is 13.0. The Hall–Kier alpha value is -1.07. The third kappa shape index (κ3) is 2.74. The van der Waals surface area contributed by atoms with Crippen LogP contribution < -0.4 is 5.32 Å². The quantitative estimate of drug-likeness (QED) is 0.824. The van der Waals surface area contributed by atoms with E-state index in [1.54, 1.807) is 11.6 Å². The van der Waals surface area contributed by atoms with E-state index in [0.29, 0.717) is 18.1 Å². The van der Waals surface area contributed by atoms with E-state index < -0.39 is 12.0 Å². The predicted octanol–water partition coefficient (Wildman–Crippen LogP) is 1.43. The van der Waals surface area contributed by atoms with Gasteiger partial charge in [-0.1, -0.05) is 11.6 Å². The smallest absolute Gasteiger partial charge is 0.320 e. The topological polar surface area (TPSA) is 67.2 Å². The second-order valence-electron chi connectivity index (χ2n) is 3.60. The fraction of sp³-hybridized carbons (Fsp3) is 0.600. The number of halogens is 1. The molecule has 0 spiro atoms. The van der Waals surface area contributed by atoms with Crippen molar-refractivity contribution in [2.45, 2.75) is 39.9 Å². The van der Waals surface area contributed by atoms with Crippen LogP contribution in [0.2, 0.25) is 5.02 Å². The molecule has 2 N–H and O–H groups in total. The maximum Gasteiger partial charge on any atom is 0.320 e. The molecule has 0 amide bonds. The molecule has 0 aliphatic rings. The zero-order chi connectivity index (χ0) is 12.3. The van der Waals surface area contributed by atoms with Crippen LogP contribution in [0.25, 0.3) is 0 Å². The van der Waals surface area contributed by atoms with Crippen molar-refractivity contribution in [3.8, 4) is 0 Å². The van der Waals surface area contributed by atoms with Gasteiger partial charge >= 0.3 is 5.97 Å². The summed E-state index contributed by atoms with van der Waals surface area (Å²) >= 11 is 6.08. The minimum absolute atomic E-state index is 0.404. The van der Waals surface area contributed by atoms with Crippen LogP contribution in [0.15, 0.2) is 0 Å². The van der Waals surface area contributed by atoms with Gasteiger partial charge in [-0.25, -0.2) is 0 Å². The monoisotopic (exact) mass is 245 g/mol. The van der Waals surface area contributed by atoms with Gasteiger partial charge in [0.15, 0.2) is 0 Å². The summed E-state index contributed by atoms with van der Waals surface area (Å²) in [5, 5.41) is 16.5. The van der Waals surface area contributed by atoms with Gasteiger partial charge in [-0.3, -0.25) is 14.8 Å². The molecule has 0 fully saturated rings. The highest BCUT2D eigenvalue weighted by Gasteiger charge is 2.15. The Morgan fingerprint density at radius 2 is 2.31 bits per heavy atom. The molecular formula is C10H16ClN3O2. The maximum atomic E-state index is 10.6. The molecule has 1 atom stereocenters. The van der Waals surface area contributed by atoms with E-state index in [0.717, 1.165) is 11.4 Å². The standard InChI is InChI=1S/C10H16ClN3O2/c1-4-14-8(9(11)6(2)13-14)5-12-7(3)10(15)16/h7,12H,4-5H2,1-3H3,(H,15,16). The second kappa shape index (κ2) is 5.32. The van der Waals surface area contributed by atoms with Gasteiger partial charge in [0.1, 0.15) is 6.04 Å². The van der Waals surface area contributed by atoms with Crippen LogP contribution in [0, 0.1) is 6.92 Å². The Kier molecular flexibility index (Phi) is 4.32. The molecule has 1 heterocycles. The van der Waals surface area contributed by atoms with Gasteiger partial charge in [-0.05, 0) is 20.8 Å². The predicted molar refractivity (Wildman–Crippen MR) is 61.6 cm³/mol. The summed E-state index contributed by atoms with van der Waals surface area (Å²) in [5.41, 5.74) is 1.60. The molecule has 0 aliphatic carbocycles. The van der Waals surface area contributed by atoms with Crippen LogP contribution in [-0.2, 0) is 17.9 Å². The SMILES string of the molecule is CCn1nc(C)c(Cl)c1CNC(C)C(=O)O. The molecular weight excluding hydrogens is 230 g/mol. The largest absolute Gasteiger partial charge is 0.480 e. The number of rotatable bonds is 5. The van der Waals surface area contributed by atoms with Gasteiger partial charge in [-0.15, -0.1) is 0 Å².